The third-order valence-corrected chi connectivity index (χ3v) is 4.12. The maximum Gasteiger partial charge on any atom is 0.416 e. The van der Waals surface area contributed by atoms with Gasteiger partial charge in [0.25, 0.3) is 0 Å². The van der Waals surface area contributed by atoms with Gasteiger partial charge in [-0.25, -0.2) is 0 Å². The molecule has 0 aliphatic rings. The van der Waals surface area contributed by atoms with Crippen LogP contribution in [0.3, 0.4) is 0 Å². The maximum absolute atomic E-state index is 13.1. The number of carbonyl (C=O) groups is 1. The monoisotopic (exact) mass is 419 g/mol. The Morgan fingerprint density at radius 2 is 1.54 bits per heavy atom. The predicted octanol–water partition coefficient (Wildman–Crippen LogP) is 5.46. The largest absolute Gasteiger partial charge is 0.416 e. The number of hydrogen-bond donors (Lipinski definition) is 1. The summed E-state index contributed by atoms with van der Waals surface area (Å²) in [5.74, 6) is 0. The van der Waals surface area contributed by atoms with Gasteiger partial charge in [-0.15, -0.1) is 0 Å². The molecule has 3 nitrogen and oxygen atoms in total. The molecule has 0 spiro atoms. The lowest BCUT2D eigenvalue weighted by atomic mass is 10.1. The third kappa shape index (κ3) is 4.04. The Labute approximate surface area is 159 Å². The molecule has 0 unspecified atom stereocenters. The Kier molecular flexibility index (Phi) is 4.97. The van der Waals surface area contributed by atoms with Gasteiger partial charge in [0.15, 0.2) is 6.29 Å². The second-order valence-corrected chi connectivity index (χ2v) is 6.27. The van der Waals surface area contributed by atoms with Crippen molar-refractivity contribution in [3.8, 4) is 16.9 Å². The van der Waals surface area contributed by atoms with E-state index in [-0.39, 0.29) is 17.3 Å². The second kappa shape index (κ2) is 6.97. The van der Waals surface area contributed by atoms with Gasteiger partial charge in [-0.3, -0.25) is 4.79 Å². The Bertz CT molecular complexity index is 1010. The average Bonchev–Trinajstić information content (AvgIpc) is 3.04. The van der Waals surface area contributed by atoms with Crippen LogP contribution in [0, 0.1) is 0 Å². The Hall–Kier alpha value is -2.81. The highest BCUT2D eigenvalue weighted by atomic mass is 35.5. The predicted molar refractivity (Wildman–Crippen MR) is 88.2 cm³/mol. The SMILES string of the molecule is O=Cc1c[n+](-c2cc(C(F)(F)F)cc(C(F)(F)F)c2)[nH]c1-c1cccc(Cl)c1. The number of benzene rings is 2. The molecule has 0 amide bonds. The molecule has 0 saturated heterocycles. The van der Waals surface area contributed by atoms with Crippen molar-refractivity contribution in [1.29, 1.82) is 0 Å². The number of aromatic nitrogens is 2. The van der Waals surface area contributed by atoms with Crippen LogP contribution in [0.1, 0.15) is 21.5 Å². The quantitative estimate of drug-likeness (QED) is 0.341. The van der Waals surface area contributed by atoms with Crippen molar-refractivity contribution in [2.24, 2.45) is 0 Å². The minimum absolute atomic E-state index is 0.0332. The summed E-state index contributed by atoms with van der Waals surface area (Å²) in [5.41, 5.74) is -2.68. The van der Waals surface area contributed by atoms with Crippen molar-refractivity contribution < 1.29 is 35.8 Å². The van der Waals surface area contributed by atoms with Crippen LogP contribution in [0.25, 0.3) is 16.9 Å². The summed E-state index contributed by atoms with van der Waals surface area (Å²) in [6.07, 6.45) is -8.42. The number of nitrogens with one attached hydrogen (secondary N) is 1. The van der Waals surface area contributed by atoms with Gasteiger partial charge in [-0.05, 0) is 18.2 Å². The average molecular weight is 420 g/mol. The summed E-state index contributed by atoms with van der Waals surface area (Å²) in [6, 6.07) is 7.39. The van der Waals surface area contributed by atoms with E-state index in [2.05, 4.69) is 5.10 Å². The molecule has 3 rings (SSSR count). The van der Waals surface area contributed by atoms with Gasteiger partial charge in [-0.2, -0.15) is 31.4 Å². The zero-order chi connectivity index (χ0) is 20.7. The molecule has 0 aliphatic heterocycles. The molecule has 0 atom stereocenters. The van der Waals surface area contributed by atoms with E-state index in [1.54, 1.807) is 18.2 Å². The van der Waals surface area contributed by atoms with Gasteiger partial charge < -0.3 is 0 Å². The lowest BCUT2D eigenvalue weighted by molar-refractivity contribution is -0.654. The fourth-order valence-corrected chi connectivity index (χ4v) is 2.79. The maximum atomic E-state index is 13.1. The summed E-state index contributed by atoms with van der Waals surface area (Å²) in [7, 11) is 0. The molecule has 0 aliphatic carbocycles. The second-order valence-electron chi connectivity index (χ2n) is 5.83. The summed E-state index contributed by atoms with van der Waals surface area (Å²) in [5, 5.41) is 2.98. The van der Waals surface area contributed by atoms with Crippen molar-refractivity contribution in [2.75, 3.05) is 0 Å². The van der Waals surface area contributed by atoms with E-state index in [1.807, 2.05) is 0 Å². The van der Waals surface area contributed by atoms with Crippen molar-refractivity contribution in [3.05, 3.63) is 70.4 Å². The lowest BCUT2D eigenvalue weighted by Gasteiger charge is -2.11. The molecule has 3 aromatic rings. The molecular formula is C18H10ClF6N2O+. The third-order valence-electron chi connectivity index (χ3n) is 3.88. The number of nitrogens with zero attached hydrogens (tertiary/aromatic N) is 1. The number of aromatic amines is 1. The molecule has 10 heteroatoms. The first-order valence-corrected chi connectivity index (χ1v) is 8.02. The Morgan fingerprint density at radius 3 is 2.04 bits per heavy atom. The number of halogens is 7. The number of alkyl halides is 6. The highest BCUT2D eigenvalue weighted by Gasteiger charge is 2.38. The fourth-order valence-electron chi connectivity index (χ4n) is 2.60. The molecule has 0 saturated carbocycles. The fraction of sp³-hybridized carbons (Fsp3) is 0.111. The van der Waals surface area contributed by atoms with Crippen molar-refractivity contribution in [2.45, 2.75) is 12.4 Å². The van der Waals surface area contributed by atoms with Crippen LogP contribution in [0.4, 0.5) is 26.3 Å². The number of hydrogen-bond acceptors (Lipinski definition) is 1. The first-order chi connectivity index (χ1) is 13.0. The summed E-state index contributed by atoms with van der Waals surface area (Å²) < 4.78 is 79.2. The molecule has 0 fully saturated rings. The van der Waals surface area contributed by atoms with Gasteiger partial charge in [0.1, 0.15) is 11.3 Å². The summed E-state index contributed by atoms with van der Waals surface area (Å²) in [4.78, 5) is 11.4. The zero-order valence-corrected chi connectivity index (χ0v) is 14.5. The first kappa shape index (κ1) is 19.9. The number of H-pyrrole nitrogens is 1. The molecule has 1 heterocycles. The van der Waals surface area contributed by atoms with Crippen LogP contribution in [0.5, 0.6) is 0 Å². The van der Waals surface area contributed by atoms with Crippen LogP contribution in [-0.4, -0.2) is 11.4 Å². The Balaban J connectivity index is 2.20. The van der Waals surface area contributed by atoms with E-state index in [4.69, 9.17) is 11.6 Å². The van der Waals surface area contributed by atoms with E-state index in [1.165, 1.54) is 6.07 Å². The van der Waals surface area contributed by atoms with E-state index >= 15 is 0 Å². The summed E-state index contributed by atoms with van der Waals surface area (Å²) >= 11 is 5.90. The highest BCUT2D eigenvalue weighted by Crippen LogP contribution is 2.36. The van der Waals surface area contributed by atoms with Crippen molar-refractivity contribution in [3.63, 3.8) is 0 Å². The van der Waals surface area contributed by atoms with Gasteiger partial charge in [0.2, 0.25) is 11.9 Å². The van der Waals surface area contributed by atoms with E-state index < -0.39 is 29.2 Å². The molecule has 28 heavy (non-hydrogen) atoms. The molecule has 2 aromatic carbocycles. The van der Waals surface area contributed by atoms with Gasteiger partial charge in [-0.1, -0.05) is 28.4 Å². The van der Waals surface area contributed by atoms with Crippen LogP contribution in [0.2, 0.25) is 5.02 Å². The standard InChI is InChI=1S/C18H9ClF6N2O/c19-14-3-1-2-10(4-14)16-11(9-28)8-27(26-16)15-6-12(17(20,21)22)5-13(7-15)18(23,24)25/h1-9H/p+1. The topological polar surface area (TPSA) is 36.7 Å². The molecule has 0 radical (unpaired) electrons. The zero-order valence-electron chi connectivity index (χ0n) is 13.7. The van der Waals surface area contributed by atoms with Gasteiger partial charge in [0.05, 0.1) is 11.1 Å². The van der Waals surface area contributed by atoms with Crippen LogP contribution in [-0.2, 0) is 12.4 Å². The van der Waals surface area contributed by atoms with Gasteiger partial charge in [0, 0.05) is 22.7 Å². The van der Waals surface area contributed by atoms with E-state index in [0.717, 1.165) is 10.9 Å². The first-order valence-electron chi connectivity index (χ1n) is 7.64. The van der Waals surface area contributed by atoms with Gasteiger partial charge >= 0.3 is 12.4 Å². The van der Waals surface area contributed by atoms with Crippen molar-refractivity contribution in [1.82, 2.24) is 5.10 Å². The Morgan fingerprint density at radius 1 is 0.929 bits per heavy atom. The molecular weight excluding hydrogens is 410 g/mol. The van der Waals surface area contributed by atoms with Crippen LogP contribution < -0.4 is 4.68 Å². The van der Waals surface area contributed by atoms with E-state index in [0.29, 0.717) is 29.0 Å². The molecule has 1 aromatic heterocycles. The van der Waals surface area contributed by atoms with E-state index in [9.17, 15) is 31.1 Å². The molecule has 1 N–H and O–H groups in total. The summed E-state index contributed by atoms with van der Waals surface area (Å²) in [6.45, 7) is 0. The number of carbonyl (C=O) groups excluding carboxylic acids is 1. The smallest absolute Gasteiger partial charge is 0.298 e. The minimum Gasteiger partial charge on any atom is -0.298 e. The normalized spacial score (nSPS) is 12.2. The molecule has 0 bridgehead atoms. The van der Waals surface area contributed by atoms with Crippen molar-refractivity contribution >= 4 is 17.9 Å². The highest BCUT2D eigenvalue weighted by molar-refractivity contribution is 6.30. The van der Waals surface area contributed by atoms with Crippen LogP contribution >= 0.6 is 11.6 Å². The lowest BCUT2D eigenvalue weighted by Crippen LogP contribution is -2.33. The number of aldehydes is 1. The van der Waals surface area contributed by atoms with Crippen LogP contribution in [0.15, 0.2) is 48.7 Å². The number of rotatable bonds is 3. The minimum atomic E-state index is -4.98. The molecule has 146 valence electrons.